The van der Waals surface area contributed by atoms with E-state index in [-0.39, 0.29) is 12.1 Å². The molecule has 28 heavy (non-hydrogen) atoms. The molecule has 0 saturated carbocycles. The Bertz CT molecular complexity index is 1140. The summed E-state index contributed by atoms with van der Waals surface area (Å²) in [5, 5.41) is 17.6. The van der Waals surface area contributed by atoms with Gasteiger partial charge in [0.2, 0.25) is 5.82 Å². The van der Waals surface area contributed by atoms with Crippen molar-refractivity contribution in [3.8, 4) is 11.6 Å². The fourth-order valence-corrected chi connectivity index (χ4v) is 3.13. The first-order valence-corrected chi connectivity index (χ1v) is 8.57. The maximum atomic E-state index is 13.1. The van der Waals surface area contributed by atoms with Gasteiger partial charge in [-0.05, 0) is 41.5 Å². The number of fused-ring (bicyclic) bond motifs is 1. The molecule has 4 aromatic rings. The molecular weight excluding hydrogens is 395 g/mol. The fraction of sp³-hybridized carbons (Fsp3) is 0.167. The number of alkyl halides is 3. The van der Waals surface area contributed by atoms with Gasteiger partial charge < -0.3 is 9.73 Å². The summed E-state index contributed by atoms with van der Waals surface area (Å²) in [5.41, 5.74) is 0.968. The Morgan fingerprint density at radius 1 is 1.18 bits per heavy atom. The Kier molecular flexibility index (Phi) is 4.46. The lowest BCUT2D eigenvalue weighted by molar-refractivity contribution is -0.138. The van der Waals surface area contributed by atoms with Gasteiger partial charge in [0.25, 0.3) is 0 Å². The van der Waals surface area contributed by atoms with Gasteiger partial charge in [-0.3, -0.25) is 0 Å². The molecule has 0 atom stereocenters. The van der Waals surface area contributed by atoms with Crippen LogP contribution in [0.2, 0.25) is 5.02 Å². The molecule has 0 aliphatic rings. The van der Waals surface area contributed by atoms with Crippen LogP contribution < -0.4 is 5.32 Å². The van der Waals surface area contributed by atoms with Gasteiger partial charge >= 0.3 is 6.18 Å². The minimum absolute atomic E-state index is 0.169. The number of hydrogen-bond donors (Lipinski definition) is 2. The van der Waals surface area contributed by atoms with E-state index in [2.05, 4.69) is 25.9 Å². The second-order valence-electron chi connectivity index (χ2n) is 6.18. The Morgan fingerprint density at radius 2 is 2.00 bits per heavy atom. The van der Waals surface area contributed by atoms with Crippen LogP contribution in [0.5, 0.6) is 0 Å². The van der Waals surface area contributed by atoms with Crippen molar-refractivity contribution in [2.45, 2.75) is 19.6 Å². The van der Waals surface area contributed by atoms with E-state index in [9.17, 15) is 13.2 Å². The topological polar surface area (TPSA) is 79.6 Å². The van der Waals surface area contributed by atoms with E-state index in [0.717, 1.165) is 11.5 Å². The number of nitrogens with zero attached hydrogens (tertiary/aromatic N) is 3. The van der Waals surface area contributed by atoms with Gasteiger partial charge in [0.05, 0.1) is 10.6 Å². The van der Waals surface area contributed by atoms with Crippen LogP contribution in [0, 0.1) is 6.92 Å². The molecule has 0 aliphatic heterocycles. The van der Waals surface area contributed by atoms with Crippen LogP contribution in [0.1, 0.15) is 16.7 Å². The summed E-state index contributed by atoms with van der Waals surface area (Å²) in [4.78, 5) is 0. The van der Waals surface area contributed by atoms with Gasteiger partial charge in [0.1, 0.15) is 0 Å². The SMILES string of the molecule is Cc1ccc(NCc2ccc3cc(-c4nn[nH]n4)oc3c2Cl)cc1C(F)(F)F. The molecule has 2 N–H and O–H groups in total. The molecule has 0 spiro atoms. The van der Waals surface area contributed by atoms with Gasteiger partial charge in [-0.25, -0.2) is 0 Å². The molecule has 0 aliphatic carbocycles. The minimum atomic E-state index is -4.40. The Balaban J connectivity index is 1.60. The number of tetrazole rings is 1. The smallest absolute Gasteiger partial charge is 0.416 e. The Labute approximate surface area is 161 Å². The molecule has 6 nitrogen and oxygen atoms in total. The van der Waals surface area contributed by atoms with E-state index in [1.54, 1.807) is 18.2 Å². The minimum Gasteiger partial charge on any atom is -0.451 e. The predicted octanol–water partition coefficient (Wildman–Crippen LogP) is 5.21. The zero-order valence-electron chi connectivity index (χ0n) is 14.4. The van der Waals surface area contributed by atoms with Crippen LogP contribution in [0.25, 0.3) is 22.6 Å². The number of benzene rings is 2. The second-order valence-corrected chi connectivity index (χ2v) is 6.56. The highest BCUT2D eigenvalue weighted by Crippen LogP contribution is 2.35. The largest absolute Gasteiger partial charge is 0.451 e. The lowest BCUT2D eigenvalue weighted by atomic mass is 10.1. The van der Waals surface area contributed by atoms with Crippen LogP contribution in [0.4, 0.5) is 18.9 Å². The molecule has 2 aromatic heterocycles. The monoisotopic (exact) mass is 407 g/mol. The van der Waals surface area contributed by atoms with E-state index >= 15 is 0 Å². The van der Waals surface area contributed by atoms with E-state index in [4.69, 9.17) is 16.0 Å². The summed E-state index contributed by atoms with van der Waals surface area (Å²) < 4.78 is 44.9. The summed E-state index contributed by atoms with van der Waals surface area (Å²) in [6.07, 6.45) is -4.40. The molecule has 0 amide bonds. The normalized spacial score (nSPS) is 11.9. The van der Waals surface area contributed by atoms with Crippen molar-refractivity contribution >= 4 is 28.3 Å². The summed E-state index contributed by atoms with van der Waals surface area (Å²) in [6.45, 7) is 1.66. The van der Waals surface area contributed by atoms with Gasteiger partial charge in [-0.1, -0.05) is 29.8 Å². The third kappa shape index (κ3) is 3.40. The molecule has 10 heteroatoms. The zero-order valence-corrected chi connectivity index (χ0v) is 15.2. The number of nitrogens with one attached hydrogen (secondary N) is 2. The number of rotatable bonds is 4. The first-order chi connectivity index (χ1) is 13.3. The van der Waals surface area contributed by atoms with Crippen LogP contribution in [-0.2, 0) is 12.7 Å². The van der Waals surface area contributed by atoms with E-state index in [0.29, 0.717) is 33.4 Å². The molecule has 0 saturated heterocycles. The van der Waals surface area contributed by atoms with Crippen molar-refractivity contribution in [2.75, 3.05) is 5.32 Å². The summed E-state index contributed by atoms with van der Waals surface area (Å²) >= 11 is 6.43. The van der Waals surface area contributed by atoms with E-state index in [1.165, 1.54) is 13.0 Å². The third-order valence-electron chi connectivity index (χ3n) is 4.30. The number of aromatic nitrogens is 4. The van der Waals surface area contributed by atoms with Crippen LogP contribution in [0.15, 0.2) is 40.8 Å². The van der Waals surface area contributed by atoms with E-state index < -0.39 is 11.7 Å². The standard InChI is InChI=1S/C18H13ClF3N5O/c1-9-2-5-12(7-13(9)18(20,21)22)23-8-11-4-3-10-6-14(17-24-26-27-25-17)28-16(10)15(11)19/h2-7,23H,8H2,1H3,(H,24,25,26,27). The molecule has 2 heterocycles. The third-order valence-corrected chi connectivity index (χ3v) is 4.71. The van der Waals surface area contributed by atoms with Crippen molar-refractivity contribution in [3.63, 3.8) is 0 Å². The maximum Gasteiger partial charge on any atom is 0.416 e. The molecule has 144 valence electrons. The Morgan fingerprint density at radius 3 is 2.71 bits per heavy atom. The van der Waals surface area contributed by atoms with E-state index in [1.807, 2.05) is 6.07 Å². The fourth-order valence-electron chi connectivity index (χ4n) is 2.86. The van der Waals surface area contributed by atoms with Crippen LogP contribution in [-0.4, -0.2) is 20.6 Å². The molecule has 0 fully saturated rings. The van der Waals surface area contributed by atoms with Gasteiger partial charge in [-0.15, -0.1) is 10.2 Å². The Hall–Kier alpha value is -3.07. The quantitative estimate of drug-likeness (QED) is 0.485. The lowest BCUT2D eigenvalue weighted by Gasteiger charge is -2.14. The van der Waals surface area contributed by atoms with Crippen molar-refractivity contribution in [1.29, 1.82) is 0 Å². The highest BCUT2D eigenvalue weighted by Gasteiger charge is 2.32. The van der Waals surface area contributed by atoms with Gasteiger partial charge in [0, 0.05) is 17.6 Å². The summed E-state index contributed by atoms with van der Waals surface area (Å²) in [6, 6.07) is 9.44. The van der Waals surface area contributed by atoms with Crippen LogP contribution in [0.3, 0.4) is 0 Å². The number of aromatic amines is 1. The van der Waals surface area contributed by atoms with Crippen molar-refractivity contribution in [1.82, 2.24) is 20.6 Å². The second kappa shape index (κ2) is 6.83. The van der Waals surface area contributed by atoms with Crippen molar-refractivity contribution in [2.24, 2.45) is 0 Å². The zero-order chi connectivity index (χ0) is 19.9. The van der Waals surface area contributed by atoms with Gasteiger partial charge in [0.15, 0.2) is 11.3 Å². The van der Waals surface area contributed by atoms with Gasteiger partial charge in [-0.2, -0.15) is 18.4 Å². The number of aryl methyl sites for hydroxylation is 1. The molecule has 0 unspecified atom stereocenters. The van der Waals surface area contributed by atoms with Crippen LogP contribution >= 0.6 is 11.6 Å². The number of halogens is 4. The number of furan rings is 1. The molecular formula is C18H13ClF3N5O. The highest BCUT2D eigenvalue weighted by atomic mass is 35.5. The number of anilines is 1. The predicted molar refractivity (Wildman–Crippen MR) is 97.9 cm³/mol. The first-order valence-electron chi connectivity index (χ1n) is 8.19. The number of H-pyrrole nitrogens is 1. The highest BCUT2D eigenvalue weighted by molar-refractivity contribution is 6.35. The van der Waals surface area contributed by atoms with Crippen molar-refractivity contribution in [3.05, 3.63) is 58.1 Å². The first kappa shape index (κ1) is 18.3. The average molecular weight is 408 g/mol. The molecule has 0 radical (unpaired) electrons. The molecule has 4 rings (SSSR count). The molecule has 0 bridgehead atoms. The summed E-state index contributed by atoms with van der Waals surface area (Å²) in [5.74, 6) is 0.704. The maximum absolute atomic E-state index is 13.1. The average Bonchev–Trinajstić information content (AvgIpc) is 3.31. The number of hydrogen-bond acceptors (Lipinski definition) is 5. The molecule has 2 aromatic carbocycles. The van der Waals surface area contributed by atoms with Crippen molar-refractivity contribution < 1.29 is 17.6 Å². The lowest BCUT2D eigenvalue weighted by Crippen LogP contribution is -2.09. The summed E-state index contributed by atoms with van der Waals surface area (Å²) in [7, 11) is 0.